The Kier molecular flexibility index (Phi) is 21.1. The van der Waals surface area contributed by atoms with Gasteiger partial charge < -0.3 is 165 Å². The lowest BCUT2D eigenvalue weighted by Crippen LogP contribution is -2.63. The molecule has 1 heterocycles. The summed E-state index contributed by atoms with van der Waals surface area (Å²) in [5.41, 5.74) is -8.54. The molecule has 23 N–H and O–H groups in total. The van der Waals surface area contributed by atoms with Crippen LogP contribution in [-0.2, 0) is 28.4 Å². The monoisotopic (exact) mass is 1550 g/mol. The summed E-state index contributed by atoms with van der Waals surface area (Å²) in [6, 6.07) is 8.17. The first-order chi connectivity index (χ1) is 52.2. The van der Waals surface area contributed by atoms with E-state index < -0.39 is 296 Å². The molecule has 5 atom stereocenters. The number of benzene rings is 9. The Morgan fingerprint density at radius 2 is 0.414 bits per heavy atom. The van der Waals surface area contributed by atoms with Crippen LogP contribution < -0.4 is 18.9 Å². The van der Waals surface area contributed by atoms with E-state index in [0.29, 0.717) is 109 Å². The van der Waals surface area contributed by atoms with Gasteiger partial charge in [0.1, 0.15) is 12.7 Å². The van der Waals surface area contributed by atoms with Crippen LogP contribution in [0.4, 0.5) is 0 Å². The van der Waals surface area contributed by atoms with Gasteiger partial charge in [-0.1, -0.05) is 0 Å². The molecule has 0 aliphatic carbocycles. The molecule has 111 heavy (non-hydrogen) atoms. The molecule has 42 heteroatoms. The first-order valence-electron chi connectivity index (χ1n) is 30.2. The number of carbonyl (C=O) groups is 9. The largest absolute Gasteiger partial charge is 0.504 e. The molecular weight excluding hydrogens is 1500 g/mol. The molecule has 0 saturated carbocycles. The molecule has 5 unspecified atom stereocenters. The van der Waals surface area contributed by atoms with E-state index in [1.165, 1.54) is 0 Å². The zero-order valence-corrected chi connectivity index (χ0v) is 54.5. The summed E-state index contributed by atoms with van der Waals surface area (Å²) in [5, 5.41) is 239. The van der Waals surface area contributed by atoms with Gasteiger partial charge >= 0.3 is 53.7 Å². The summed E-state index contributed by atoms with van der Waals surface area (Å²) in [5.74, 6) is -49.1. The van der Waals surface area contributed by atoms with Crippen LogP contribution in [0.2, 0.25) is 0 Å². The minimum Gasteiger partial charge on any atom is -0.504 e. The number of esters is 9. The predicted octanol–water partition coefficient (Wildman–Crippen LogP) is 4.21. The highest BCUT2D eigenvalue weighted by molar-refractivity contribution is 5.99. The minimum atomic E-state index is -3.02. The molecule has 10 rings (SSSR count). The van der Waals surface area contributed by atoms with Gasteiger partial charge in [-0.05, 0) is 109 Å². The second-order valence-electron chi connectivity index (χ2n) is 22.9. The Bertz CT molecular complexity index is 5290. The summed E-state index contributed by atoms with van der Waals surface area (Å²) in [4.78, 5) is 127. The zero-order valence-electron chi connectivity index (χ0n) is 54.5. The van der Waals surface area contributed by atoms with Gasteiger partial charge in [0.05, 0.1) is 50.1 Å². The Hall–Kier alpha value is -16.4. The lowest BCUT2D eigenvalue weighted by Gasteiger charge is -2.43. The van der Waals surface area contributed by atoms with Gasteiger partial charge in [0.2, 0.25) is 35.4 Å². The summed E-state index contributed by atoms with van der Waals surface area (Å²) >= 11 is 0. The van der Waals surface area contributed by atoms with E-state index in [1.54, 1.807) is 0 Å². The van der Waals surface area contributed by atoms with Gasteiger partial charge in [-0.15, -0.1) is 0 Å². The van der Waals surface area contributed by atoms with Crippen molar-refractivity contribution >= 4 is 53.7 Å². The first kappa shape index (κ1) is 77.2. The molecule has 0 spiro atoms. The average Bonchev–Trinajstić information content (AvgIpc) is 0.765. The van der Waals surface area contributed by atoms with E-state index in [0.717, 1.165) is 0 Å². The molecule has 0 aromatic heterocycles. The van der Waals surface area contributed by atoms with Crippen molar-refractivity contribution in [2.75, 3.05) is 6.61 Å². The Balaban J connectivity index is 1.13. The third-order valence-electron chi connectivity index (χ3n) is 15.4. The molecule has 9 aromatic rings. The molecule has 42 nitrogen and oxygen atoms in total. The van der Waals surface area contributed by atoms with Crippen LogP contribution in [-0.4, -0.2) is 208 Å². The van der Waals surface area contributed by atoms with Crippen LogP contribution >= 0.6 is 0 Å². The van der Waals surface area contributed by atoms with Gasteiger partial charge in [-0.25, -0.2) is 43.2 Å². The number of hydrogen-bond donors (Lipinski definition) is 23. The number of carbonyl (C=O) groups excluding carboxylic acids is 9. The van der Waals surface area contributed by atoms with Crippen LogP contribution in [0.5, 0.6) is 155 Å². The quantitative estimate of drug-likeness (QED) is 0.0233. The summed E-state index contributed by atoms with van der Waals surface area (Å²) in [7, 11) is 0. The van der Waals surface area contributed by atoms with E-state index in [9.17, 15) is 156 Å². The van der Waals surface area contributed by atoms with Crippen LogP contribution in [0.25, 0.3) is 0 Å². The maximum absolute atomic E-state index is 15.1. The molecule has 576 valence electrons. The molecule has 0 amide bonds. The van der Waals surface area contributed by atoms with Crippen molar-refractivity contribution in [3.05, 3.63) is 159 Å². The minimum absolute atomic E-state index is 0.335. The second kappa shape index (κ2) is 30.3. The zero-order chi connectivity index (χ0) is 81.4. The van der Waals surface area contributed by atoms with Gasteiger partial charge in [0, 0.05) is 0 Å². The fourth-order valence-electron chi connectivity index (χ4n) is 9.90. The molecule has 1 aliphatic heterocycles. The number of phenols is 23. The number of aromatic hydroxyl groups is 23. The highest BCUT2D eigenvalue weighted by Crippen LogP contribution is 2.47. The maximum atomic E-state index is 15.1. The molecule has 0 bridgehead atoms. The van der Waals surface area contributed by atoms with Crippen molar-refractivity contribution in [3.63, 3.8) is 0 Å². The molecule has 1 fully saturated rings. The van der Waals surface area contributed by atoms with E-state index in [1.807, 2.05) is 0 Å². The smallest absolute Gasteiger partial charge is 0.343 e. The van der Waals surface area contributed by atoms with Gasteiger partial charge in [-0.3, -0.25) is 0 Å². The standard InChI is InChI=1S/C69H48O42/c70-29-1-20(2-30(71)48(29)84)61(94)103-43-15-25(11-39(80)53(43)89)60(93)102-19-47-57(108-65(98)24-9-37(78)52(88)38(79)10-24)58(109-66(99)26-12-40(81)54(90)44(16-26)104-62(95)21-3-31(72)49(85)32(73)4-21)59(110-67(100)27-13-41(82)55(91)45(17-27)105-63(96)22-5-33(74)50(86)34(75)6-22)69(107-47)111-68(101)28-14-42(83)56(92)46(18-28)106-64(97)23-7-35(76)51(87)36(77)8-23/h1-18,47,57-59,69-92H,19H2. The fourth-order valence-corrected chi connectivity index (χ4v) is 9.90. The summed E-state index contributed by atoms with van der Waals surface area (Å²) in [6.45, 7) is -1.61. The number of hydrogen-bond acceptors (Lipinski definition) is 42. The van der Waals surface area contributed by atoms with Crippen molar-refractivity contribution in [2.24, 2.45) is 0 Å². The molecule has 1 saturated heterocycles. The fraction of sp³-hybridized carbons (Fsp3) is 0.0870. The van der Waals surface area contributed by atoms with Crippen LogP contribution in [0.1, 0.15) is 93.2 Å². The Morgan fingerprint density at radius 1 is 0.225 bits per heavy atom. The van der Waals surface area contributed by atoms with Gasteiger partial charge in [0.15, 0.2) is 144 Å². The van der Waals surface area contributed by atoms with Crippen molar-refractivity contribution in [2.45, 2.75) is 30.7 Å². The van der Waals surface area contributed by atoms with Crippen molar-refractivity contribution in [1.29, 1.82) is 0 Å². The molecule has 9 aromatic carbocycles. The van der Waals surface area contributed by atoms with E-state index >= 15 is 4.79 Å². The summed E-state index contributed by atoms with van der Waals surface area (Å²) < 4.78 is 54.9. The Labute approximate surface area is 611 Å². The van der Waals surface area contributed by atoms with Crippen LogP contribution in [0.3, 0.4) is 0 Å². The van der Waals surface area contributed by atoms with Crippen molar-refractivity contribution in [3.8, 4) is 155 Å². The van der Waals surface area contributed by atoms with Gasteiger partial charge in [0.25, 0.3) is 0 Å². The highest BCUT2D eigenvalue weighted by Gasteiger charge is 2.55. The van der Waals surface area contributed by atoms with E-state index in [-0.39, 0.29) is 0 Å². The van der Waals surface area contributed by atoms with Crippen molar-refractivity contribution < 1.29 is 208 Å². The lowest BCUT2D eigenvalue weighted by molar-refractivity contribution is -0.282. The van der Waals surface area contributed by atoms with Crippen LogP contribution in [0.15, 0.2) is 109 Å². The van der Waals surface area contributed by atoms with Gasteiger partial charge in [-0.2, -0.15) is 0 Å². The predicted molar refractivity (Wildman–Crippen MR) is 348 cm³/mol. The molecule has 1 aliphatic rings. The number of ether oxygens (including phenoxy) is 10. The molecule has 0 radical (unpaired) electrons. The normalized spacial score (nSPS) is 15.0. The maximum Gasteiger partial charge on any atom is 0.343 e. The second-order valence-corrected chi connectivity index (χ2v) is 22.9. The topological polar surface area (TPSA) is 711 Å². The third-order valence-corrected chi connectivity index (χ3v) is 15.4. The number of phenolic OH excluding ortho intramolecular Hbond substituents is 23. The number of rotatable bonds is 19. The highest BCUT2D eigenvalue weighted by atomic mass is 16.8. The van der Waals surface area contributed by atoms with E-state index in [4.69, 9.17) is 47.4 Å². The van der Waals surface area contributed by atoms with Crippen molar-refractivity contribution in [1.82, 2.24) is 0 Å². The lowest BCUT2D eigenvalue weighted by atomic mass is 9.97. The summed E-state index contributed by atoms with van der Waals surface area (Å²) in [6.07, 6.45) is -14.5. The third kappa shape index (κ3) is 16.1. The Morgan fingerprint density at radius 3 is 0.667 bits per heavy atom. The van der Waals surface area contributed by atoms with E-state index in [2.05, 4.69) is 0 Å². The van der Waals surface area contributed by atoms with Crippen LogP contribution in [0, 0.1) is 0 Å². The first-order valence-corrected chi connectivity index (χ1v) is 30.2. The average molecular weight is 1550 g/mol. The SMILES string of the molecule is O=C(OCC1OC(OC(=O)c2cc(O)c(O)c(OC(=O)c3cc(O)c(O)c(O)c3)c2)C(OC(=O)c2cc(O)c(O)c(OC(=O)c3cc(O)c(O)c(O)c3)c2)C(OC(=O)c2cc(O)c(O)c(OC(=O)c3cc(O)c(O)c(O)c3)c2)C1OC(=O)c1cc(O)c(O)c(O)c1)c1cc(O)c(O)c(OC(=O)c2cc(O)c(O)c(O)c2)c1. The molecular formula is C69H48O42.